The van der Waals surface area contributed by atoms with Gasteiger partial charge in [-0.15, -0.1) is 0 Å². The number of allylic oxidation sites excluding steroid dienone is 4. The number of aliphatic hydroxyl groups is 2. The van der Waals surface area contributed by atoms with Crippen LogP contribution in [-0.2, 0) is 9.59 Å². The van der Waals surface area contributed by atoms with Crippen LogP contribution in [0.25, 0.3) is 0 Å². The summed E-state index contributed by atoms with van der Waals surface area (Å²) in [4.78, 5) is 20.0. The second-order valence-electron chi connectivity index (χ2n) is 2.79. The number of ketones is 2. The first-order valence-corrected chi connectivity index (χ1v) is 4.01. The van der Waals surface area contributed by atoms with Crippen LogP contribution in [0.2, 0.25) is 0 Å². The van der Waals surface area contributed by atoms with Crippen LogP contribution in [0, 0.1) is 49.4 Å². The molecule has 0 aromatic heterocycles. The number of carbonyl (C=O) groups is 2. The first-order chi connectivity index (χ1) is 6.25. The summed E-state index contributed by atoms with van der Waals surface area (Å²) in [6, 6.07) is 0. The molecule has 0 aromatic rings. The molecule has 0 fully saturated rings. The summed E-state index contributed by atoms with van der Waals surface area (Å²) in [5.41, 5.74) is 0. The smallest absolute Gasteiger partial charge is 0.155 e. The van der Waals surface area contributed by atoms with Gasteiger partial charge < -0.3 is 10.2 Å². The number of hydrogen-bond acceptors (Lipinski definition) is 4. The van der Waals surface area contributed by atoms with Crippen molar-refractivity contribution in [3.63, 3.8) is 0 Å². The molecular formula is C10H16EuO4. The minimum absolute atomic E-state index is 0. The minimum atomic E-state index is -0.125. The zero-order valence-electron chi connectivity index (χ0n) is 9.24. The van der Waals surface area contributed by atoms with Gasteiger partial charge in [-0.25, -0.2) is 0 Å². The van der Waals surface area contributed by atoms with Crippen molar-refractivity contribution in [3.05, 3.63) is 23.7 Å². The molecule has 4 nitrogen and oxygen atoms in total. The second-order valence-corrected chi connectivity index (χ2v) is 2.79. The number of hydrogen-bond donors (Lipinski definition) is 2. The van der Waals surface area contributed by atoms with Crippen LogP contribution < -0.4 is 0 Å². The molecule has 0 aromatic carbocycles. The zero-order chi connectivity index (χ0) is 11.7. The summed E-state index contributed by atoms with van der Waals surface area (Å²) in [6.07, 6.45) is 2.33. The van der Waals surface area contributed by atoms with Crippen molar-refractivity contribution >= 4 is 11.6 Å². The Kier molecular flexibility index (Phi) is 16.4. The van der Waals surface area contributed by atoms with Crippen molar-refractivity contribution in [2.45, 2.75) is 27.7 Å². The van der Waals surface area contributed by atoms with E-state index in [1.54, 1.807) is 0 Å². The van der Waals surface area contributed by atoms with Crippen LogP contribution >= 0.6 is 0 Å². The molecule has 5 heteroatoms. The molecule has 0 saturated carbocycles. The van der Waals surface area contributed by atoms with E-state index in [0.29, 0.717) is 0 Å². The Bertz CT molecular complexity index is 231. The molecule has 1 radical (unpaired) electrons. The molecule has 0 amide bonds. The van der Waals surface area contributed by atoms with Gasteiger partial charge in [0.15, 0.2) is 11.6 Å². The summed E-state index contributed by atoms with van der Waals surface area (Å²) in [6.45, 7) is 5.70. The molecule has 0 saturated heterocycles. The summed E-state index contributed by atoms with van der Waals surface area (Å²) in [5.74, 6) is -0.125. The van der Waals surface area contributed by atoms with Crippen LogP contribution in [0.1, 0.15) is 27.7 Å². The average molecular weight is 352 g/mol. The zero-order valence-corrected chi connectivity index (χ0v) is 11.7. The third-order valence-electron chi connectivity index (χ3n) is 0.824. The van der Waals surface area contributed by atoms with Gasteiger partial charge in [-0.1, -0.05) is 0 Å². The maximum atomic E-state index is 10.0. The van der Waals surface area contributed by atoms with Gasteiger partial charge >= 0.3 is 0 Å². The van der Waals surface area contributed by atoms with Gasteiger partial charge in [-0.2, -0.15) is 0 Å². The largest absolute Gasteiger partial charge is 0.512 e. The standard InChI is InChI=1S/2C5H8O2.Eu/c2*1-4(6)3-5(2)7;/h2*3,6H,1-2H3;/b2*4-3-;. The van der Waals surface area contributed by atoms with Gasteiger partial charge in [0.1, 0.15) is 0 Å². The Morgan fingerprint density at radius 1 is 0.800 bits per heavy atom. The predicted octanol–water partition coefficient (Wildman–Crippen LogP) is 2.07. The van der Waals surface area contributed by atoms with Crippen LogP contribution in [0.5, 0.6) is 0 Å². The maximum absolute atomic E-state index is 10.0. The molecule has 0 unspecified atom stereocenters. The number of carbonyl (C=O) groups excluding carboxylic acids is 2. The van der Waals surface area contributed by atoms with E-state index in [9.17, 15) is 9.59 Å². The van der Waals surface area contributed by atoms with Crippen LogP contribution in [0.3, 0.4) is 0 Å². The first-order valence-electron chi connectivity index (χ1n) is 4.01. The molecule has 15 heavy (non-hydrogen) atoms. The third kappa shape index (κ3) is 31.5. The molecule has 0 rings (SSSR count). The van der Waals surface area contributed by atoms with E-state index in [1.807, 2.05) is 0 Å². The summed E-state index contributed by atoms with van der Waals surface area (Å²) in [5, 5.41) is 16.7. The van der Waals surface area contributed by atoms with E-state index in [1.165, 1.54) is 39.8 Å². The summed E-state index contributed by atoms with van der Waals surface area (Å²) in [7, 11) is 0. The quantitative estimate of drug-likeness (QED) is 0.589. The van der Waals surface area contributed by atoms with Crippen LogP contribution in [0.15, 0.2) is 23.7 Å². The Labute approximate surface area is 131 Å². The molecule has 0 aliphatic rings. The number of aliphatic hydroxyl groups excluding tert-OH is 2. The Balaban J connectivity index is -0.000000180. The maximum Gasteiger partial charge on any atom is 0.155 e. The summed E-state index contributed by atoms with van der Waals surface area (Å²) >= 11 is 0. The van der Waals surface area contributed by atoms with E-state index in [-0.39, 0.29) is 72.5 Å². The average Bonchev–Trinajstić information content (AvgIpc) is 1.79. The molecule has 0 aliphatic carbocycles. The van der Waals surface area contributed by atoms with Crippen molar-refractivity contribution in [1.29, 1.82) is 0 Å². The monoisotopic (exact) mass is 353 g/mol. The fraction of sp³-hybridized carbons (Fsp3) is 0.400. The Hall–Kier alpha value is 0.00442. The Morgan fingerprint density at radius 3 is 1.00 bits per heavy atom. The minimum Gasteiger partial charge on any atom is -0.512 e. The Morgan fingerprint density at radius 2 is 1.00 bits per heavy atom. The second kappa shape index (κ2) is 12.1. The van der Waals surface area contributed by atoms with Crippen LogP contribution in [-0.4, -0.2) is 21.8 Å². The van der Waals surface area contributed by atoms with E-state index < -0.39 is 0 Å². The fourth-order valence-corrected chi connectivity index (χ4v) is 0.588. The van der Waals surface area contributed by atoms with Crippen molar-refractivity contribution in [3.8, 4) is 0 Å². The molecule has 87 valence electrons. The van der Waals surface area contributed by atoms with E-state index >= 15 is 0 Å². The van der Waals surface area contributed by atoms with Gasteiger partial charge in [0.2, 0.25) is 0 Å². The topological polar surface area (TPSA) is 74.6 Å². The molecule has 2 N–H and O–H groups in total. The molecule has 0 bridgehead atoms. The van der Waals surface area contributed by atoms with Gasteiger partial charge in [0.25, 0.3) is 0 Å². The predicted molar refractivity (Wildman–Crippen MR) is 54.1 cm³/mol. The van der Waals surface area contributed by atoms with Gasteiger partial charge in [0, 0.05) is 61.5 Å². The van der Waals surface area contributed by atoms with Crippen molar-refractivity contribution in [1.82, 2.24) is 0 Å². The van der Waals surface area contributed by atoms with Crippen molar-refractivity contribution in [2.75, 3.05) is 0 Å². The van der Waals surface area contributed by atoms with Crippen LogP contribution in [0.4, 0.5) is 0 Å². The SMILES string of the molecule is CC(=O)/C=C(/C)O.CC(=O)/C=C(/C)O.[Eu]. The van der Waals surface area contributed by atoms with Gasteiger partial charge in [-0.3, -0.25) is 9.59 Å². The third-order valence-corrected chi connectivity index (χ3v) is 0.824. The van der Waals surface area contributed by atoms with E-state index in [0.717, 1.165) is 0 Å². The fourth-order valence-electron chi connectivity index (χ4n) is 0.588. The molecule has 0 spiro atoms. The van der Waals surface area contributed by atoms with Gasteiger partial charge in [0.05, 0.1) is 11.5 Å². The van der Waals surface area contributed by atoms with E-state index in [4.69, 9.17) is 10.2 Å². The first kappa shape index (κ1) is 20.4. The normalized spacial score (nSPS) is 10.7. The molecule has 0 atom stereocenters. The molecular weight excluding hydrogens is 336 g/mol. The summed E-state index contributed by atoms with van der Waals surface area (Å²) < 4.78 is 0. The van der Waals surface area contributed by atoms with Crippen molar-refractivity contribution in [2.24, 2.45) is 0 Å². The molecule has 0 heterocycles. The van der Waals surface area contributed by atoms with Gasteiger partial charge in [-0.05, 0) is 27.7 Å². The number of rotatable bonds is 2. The van der Waals surface area contributed by atoms with E-state index in [2.05, 4.69) is 0 Å². The molecule has 0 aliphatic heterocycles. The van der Waals surface area contributed by atoms with Crippen molar-refractivity contribution < 1.29 is 69.2 Å².